The summed E-state index contributed by atoms with van der Waals surface area (Å²) in [4.78, 5) is 16.3. The number of imidazole rings is 1. The first-order valence-corrected chi connectivity index (χ1v) is 9.53. The second-order valence-electron chi connectivity index (χ2n) is 6.53. The smallest absolute Gasteiger partial charge is 0.195 e. The number of hydrogen-bond donors (Lipinski definition) is 1. The lowest BCUT2D eigenvalue weighted by atomic mass is 10.0. The molecule has 2 aromatic heterocycles. The summed E-state index contributed by atoms with van der Waals surface area (Å²) in [5.41, 5.74) is 3.48. The van der Waals surface area contributed by atoms with Crippen molar-refractivity contribution in [2.24, 2.45) is 0 Å². The van der Waals surface area contributed by atoms with Crippen LogP contribution in [0.5, 0.6) is 0 Å². The number of benzene rings is 2. The second kappa shape index (κ2) is 6.53. The molecule has 1 aliphatic heterocycles. The van der Waals surface area contributed by atoms with Gasteiger partial charge < -0.3 is 10.1 Å². The van der Waals surface area contributed by atoms with E-state index in [0.29, 0.717) is 30.0 Å². The maximum atomic E-state index is 14.8. The monoisotopic (exact) mass is 381 g/mol. The van der Waals surface area contributed by atoms with Crippen LogP contribution >= 0.6 is 11.3 Å². The number of ether oxygens (including phenoxy) is 1. The van der Waals surface area contributed by atoms with Crippen LogP contribution < -0.4 is 5.32 Å². The molecule has 3 heterocycles. The molecule has 1 atom stereocenters. The zero-order valence-electron chi connectivity index (χ0n) is 14.3. The van der Waals surface area contributed by atoms with Crippen LogP contribution in [0.3, 0.4) is 0 Å². The van der Waals surface area contributed by atoms with Gasteiger partial charge in [0.1, 0.15) is 12.1 Å². The first kappa shape index (κ1) is 16.6. The molecule has 1 unspecified atom stereocenters. The Labute approximate surface area is 158 Å². The van der Waals surface area contributed by atoms with E-state index in [0.717, 1.165) is 33.6 Å². The molecule has 0 radical (unpaired) electrons. The number of morpholine rings is 1. The Hall–Kier alpha value is -2.61. The van der Waals surface area contributed by atoms with Crippen molar-refractivity contribution in [2.75, 3.05) is 19.7 Å². The van der Waals surface area contributed by atoms with Crippen molar-refractivity contribution in [3.63, 3.8) is 0 Å². The highest BCUT2D eigenvalue weighted by Gasteiger charge is 2.19. The van der Waals surface area contributed by atoms with Crippen molar-refractivity contribution in [3.8, 4) is 11.3 Å². The highest BCUT2D eigenvalue weighted by Crippen LogP contribution is 2.32. The Morgan fingerprint density at radius 2 is 2.22 bits per heavy atom. The van der Waals surface area contributed by atoms with Crippen molar-refractivity contribution >= 4 is 32.8 Å². The van der Waals surface area contributed by atoms with E-state index in [1.54, 1.807) is 12.1 Å². The number of aldehydes is 1. The van der Waals surface area contributed by atoms with Crippen LogP contribution in [0.1, 0.15) is 22.0 Å². The van der Waals surface area contributed by atoms with Crippen molar-refractivity contribution in [1.82, 2.24) is 14.7 Å². The third-order valence-corrected chi connectivity index (χ3v) is 5.84. The average Bonchev–Trinajstić information content (AvgIpc) is 3.25. The maximum Gasteiger partial charge on any atom is 0.195 e. The van der Waals surface area contributed by atoms with Gasteiger partial charge >= 0.3 is 0 Å². The summed E-state index contributed by atoms with van der Waals surface area (Å²) in [6.45, 7) is 2.14. The third-order valence-electron chi connectivity index (χ3n) is 4.82. The van der Waals surface area contributed by atoms with Crippen LogP contribution in [0.15, 0.2) is 42.6 Å². The third kappa shape index (κ3) is 2.84. The molecule has 0 saturated carbocycles. The molecular formula is C20H16FN3O2S. The Bertz CT molecular complexity index is 1160. The van der Waals surface area contributed by atoms with Gasteiger partial charge in [-0.3, -0.25) is 9.20 Å². The van der Waals surface area contributed by atoms with Crippen molar-refractivity contribution in [2.45, 2.75) is 6.10 Å². The Morgan fingerprint density at radius 3 is 3.00 bits per heavy atom. The lowest BCUT2D eigenvalue weighted by Crippen LogP contribution is -2.33. The van der Waals surface area contributed by atoms with Crippen LogP contribution in [0.4, 0.5) is 4.39 Å². The largest absolute Gasteiger partial charge is 0.371 e. The van der Waals surface area contributed by atoms with Crippen LogP contribution in [0.25, 0.3) is 26.4 Å². The molecule has 0 amide bonds. The fourth-order valence-electron chi connectivity index (χ4n) is 3.44. The average molecular weight is 381 g/mol. The molecular weight excluding hydrogens is 365 g/mol. The fraction of sp³-hybridized carbons (Fsp3) is 0.200. The number of fused-ring (bicyclic) bond motifs is 3. The van der Waals surface area contributed by atoms with Gasteiger partial charge in [-0.2, -0.15) is 0 Å². The summed E-state index contributed by atoms with van der Waals surface area (Å²) in [5.74, 6) is -0.306. The molecule has 1 aliphatic rings. The molecule has 136 valence electrons. The number of aromatic nitrogens is 2. The topological polar surface area (TPSA) is 55.6 Å². The Balaban J connectivity index is 1.53. The lowest BCUT2D eigenvalue weighted by molar-refractivity contribution is 0.0275. The second-order valence-corrected chi connectivity index (χ2v) is 7.54. The minimum atomic E-state index is -0.306. The Kier molecular flexibility index (Phi) is 4.00. The van der Waals surface area contributed by atoms with Gasteiger partial charge in [-0.25, -0.2) is 9.37 Å². The summed E-state index contributed by atoms with van der Waals surface area (Å²) in [7, 11) is 0. The molecule has 27 heavy (non-hydrogen) atoms. The van der Waals surface area contributed by atoms with Crippen molar-refractivity contribution in [3.05, 3.63) is 59.5 Å². The number of carbonyl (C=O) groups is 1. The summed E-state index contributed by atoms with van der Waals surface area (Å²) >= 11 is 1.48. The van der Waals surface area contributed by atoms with Crippen LogP contribution in [-0.4, -0.2) is 35.4 Å². The summed E-state index contributed by atoms with van der Waals surface area (Å²) in [6, 6.07) is 10.7. The number of hydrogen-bond acceptors (Lipinski definition) is 5. The van der Waals surface area contributed by atoms with Gasteiger partial charge in [-0.1, -0.05) is 17.4 Å². The molecule has 5 rings (SSSR count). The van der Waals surface area contributed by atoms with E-state index in [9.17, 15) is 9.18 Å². The molecule has 0 spiro atoms. The molecule has 5 nitrogen and oxygen atoms in total. The number of rotatable bonds is 3. The normalized spacial score (nSPS) is 17.6. The van der Waals surface area contributed by atoms with Gasteiger partial charge in [0.2, 0.25) is 0 Å². The molecule has 2 aromatic carbocycles. The van der Waals surface area contributed by atoms with E-state index < -0.39 is 0 Å². The zero-order valence-corrected chi connectivity index (χ0v) is 15.1. The molecule has 0 bridgehead atoms. The predicted molar refractivity (Wildman–Crippen MR) is 103 cm³/mol. The van der Waals surface area contributed by atoms with E-state index in [1.807, 2.05) is 28.8 Å². The highest BCUT2D eigenvalue weighted by atomic mass is 32.1. The highest BCUT2D eigenvalue weighted by molar-refractivity contribution is 7.23. The summed E-state index contributed by atoms with van der Waals surface area (Å²) in [5, 5.41) is 3.25. The van der Waals surface area contributed by atoms with Crippen LogP contribution in [-0.2, 0) is 4.74 Å². The minimum absolute atomic E-state index is 0.122. The maximum absolute atomic E-state index is 14.8. The molecule has 1 fully saturated rings. The molecule has 4 aromatic rings. The Morgan fingerprint density at radius 1 is 1.30 bits per heavy atom. The van der Waals surface area contributed by atoms with Gasteiger partial charge in [0.05, 0.1) is 28.6 Å². The SMILES string of the molecule is O=Cc1ccc2c(c1)sc1nc(-c3ccc(C4CNCCO4)cc3F)cn12. The molecule has 0 aliphatic carbocycles. The van der Waals surface area contributed by atoms with Gasteiger partial charge in [0.25, 0.3) is 0 Å². The number of carbonyl (C=O) groups excluding carboxylic acids is 1. The molecule has 1 saturated heterocycles. The van der Waals surface area contributed by atoms with E-state index in [4.69, 9.17) is 4.74 Å². The fourth-order valence-corrected chi connectivity index (χ4v) is 4.50. The number of thiazole rings is 1. The van der Waals surface area contributed by atoms with Crippen molar-refractivity contribution < 1.29 is 13.9 Å². The van der Waals surface area contributed by atoms with Gasteiger partial charge in [-0.15, -0.1) is 0 Å². The summed E-state index contributed by atoms with van der Waals surface area (Å²) in [6.07, 6.45) is 2.55. The molecule has 1 N–H and O–H groups in total. The van der Waals surface area contributed by atoms with Crippen LogP contribution in [0, 0.1) is 5.82 Å². The van der Waals surface area contributed by atoms with E-state index in [2.05, 4.69) is 10.3 Å². The standard InChI is InChI=1S/C20H16FN3O2S/c21-15-8-13(18-9-22-5-6-26-18)2-3-14(15)16-10-24-17-4-1-12(11-25)7-19(17)27-20(24)23-16/h1-4,7-8,10-11,18,22H,5-6,9H2. The number of nitrogens with one attached hydrogen (secondary N) is 1. The number of nitrogens with zero attached hydrogens (tertiary/aromatic N) is 2. The van der Waals surface area contributed by atoms with Crippen LogP contribution in [0.2, 0.25) is 0 Å². The van der Waals surface area contributed by atoms with Gasteiger partial charge in [-0.05, 0) is 35.9 Å². The minimum Gasteiger partial charge on any atom is -0.371 e. The molecule has 7 heteroatoms. The predicted octanol–water partition coefficient (Wildman–Crippen LogP) is 3.83. The van der Waals surface area contributed by atoms with E-state index in [-0.39, 0.29) is 11.9 Å². The van der Waals surface area contributed by atoms with E-state index >= 15 is 0 Å². The first-order chi connectivity index (χ1) is 13.2. The first-order valence-electron chi connectivity index (χ1n) is 8.72. The number of halogens is 1. The van der Waals surface area contributed by atoms with E-state index in [1.165, 1.54) is 17.4 Å². The van der Waals surface area contributed by atoms with Gasteiger partial charge in [0, 0.05) is 30.4 Å². The zero-order chi connectivity index (χ0) is 18.4. The van der Waals surface area contributed by atoms with Gasteiger partial charge in [0.15, 0.2) is 4.96 Å². The van der Waals surface area contributed by atoms with Crippen molar-refractivity contribution in [1.29, 1.82) is 0 Å². The lowest BCUT2D eigenvalue weighted by Gasteiger charge is -2.24. The quantitative estimate of drug-likeness (QED) is 0.548. The summed E-state index contributed by atoms with van der Waals surface area (Å²) < 4.78 is 23.4.